The van der Waals surface area contributed by atoms with Crippen molar-refractivity contribution in [2.75, 3.05) is 81.0 Å². The number of nitrogens with two attached hydrogens (primary N) is 1. The molecule has 4 aromatic rings. The maximum atomic E-state index is 13.2. The van der Waals surface area contributed by atoms with Crippen molar-refractivity contribution >= 4 is 45.8 Å². The number of carbonyl (C=O) groups is 2. The molecule has 2 aromatic carbocycles. The summed E-state index contributed by atoms with van der Waals surface area (Å²) in [4.78, 5) is 56.7. The molecule has 0 spiro atoms. The van der Waals surface area contributed by atoms with Crippen LogP contribution in [0, 0.1) is 17.2 Å². The van der Waals surface area contributed by atoms with Crippen molar-refractivity contribution in [3.63, 3.8) is 0 Å². The highest BCUT2D eigenvalue weighted by Crippen LogP contribution is 2.40. The minimum absolute atomic E-state index is 0.107. The third kappa shape index (κ3) is 8.31. The number of benzene rings is 2. The second-order valence-electron chi connectivity index (χ2n) is 17.8. The second-order valence-corrected chi connectivity index (χ2v) is 17.8. The van der Waals surface area contributed by atoms with E-state index in [1.54, 1.807) is 22.5 Å². The molecule has 15 nitrogen and oxygen atoms in total. The van der Waals surface area contributed by atoms with E-state index in [-0.39, 0.29) is 29.3 Å². The van der Waals surface area contributed by atoms with Crippen LogP contribution in [0.5, 0.6) is 5.75 Å². The Bertz CT molecular complexity index is 2290. The third-order valence-electron chi connectivity index (χ3n) is 13.5. The number of piperidine rings is 3. The molecular formula is C44H57N11O4. The van der Waals surface area contributed by atoms with Gasteiger partial charge >= 0.3 is 5.69 Å². The summed E-state index contributed by atoms with van der Waals surface area (Å²) >= 11 is 0. The number of anilines is 3. The van der Waals surface area contributed by atoms with Crippen LogP contribution >= 0.6 is 0 Å². The summed E-state index contributed by atoms with van der Waals surface area (Å²) < 4.78 is 9.31. The summed E-state index contributed by atoms with van der Waals surface area (Å²) in [7, 11) is 1.75. The smallest absolute Gasteiger partial charge is 0.329 e. The standard InChI is InChI=1S/C44H57N11O4/c1-44(13-14-44)59-32-4-5-34(45)33(24-32)41(46)35-25-39(48-28-47-35)54-17-11-30(12-18-54)27-52-21-19-51(20-22-52)26-29-9-15-53(16-10-29)31-3-6-36-38(23-31)50(2)43(58)55(36)37-7-8-40(56)49-42(37)57/h3-6,23-25,28-30,37,46H,7-22,26-27,45H2,1-2H3,(H,49,56,57). The molecule has 6 heterocycles. The highest BCUT2D eigenvalue weighted by atomic mass is 16.5. The number of imidazole rings is 1. The van der Waals surface area contributed by atoms with E-state index in [1.807, 2.05) is 30.3 Å². The van der Waals surface area contributed by atoms with E-state index in [0.29, 0.717) is 35.2 Å². The predicted molar refractivity (Wildman–Crippen MR) is 228 cm³/mol. The Morgan fingerprint density at radius 1 is 0.831 bits per heavy atom. The van der Waals surface area contributed by atoms with E-state index >= 15 is 0 Å². The van der Waals surface area contributed by atoms with Crippen LogP contribution < -0.4 is 31.3 Å². The SMILES string of the molecule is Cn1c(=O)n(C2CCC(=O)NC2=O)c2ccc(N3CCC(CN4CCN(CC5CCN(c6cc(C(=N)c7cc(OC8(C)CC8)ccc7N)ncn6)CC5)CC4)CC3)cc21. The maximum Gasteiger partial charge on any atom is 0.329 e. The fourth-order valence-electron chi connectivity index (χ4n) is 9.55. The summed E-state index contributed by atoms with van der Waals surface area (Å²) in [6.45, 7) is 12.7. The predicted octanol–water partition coefficient (Wildman–Crippen LogP) is 3.79. The Morgan fingerprint density at radius 3 is 2.14 bits per heavy atom. The van der Waals surface area contributed by atoms with Crippen molar-refractivity contribution in [3.05, 3.63) is 70.5 Å². The van der Waals surface area contributed by atoms with Crippen LogP contribution in [0.25, 0.3) is 11.0 Å². The van der Waals surface area contributed by atoms with E-state index in [4.69, 9.17) is 15.9 Å². The van der Waals surface area contributed by atoms with E-state index in [0.717, 1.165) is 132 Å². The monoisotopic (exact) mass is 803 g/mol. The molecular weight excluding hydrogens is 747 g/mol. The third-order valence-corrected chi connectivity index (χ3v) is 13.5. The molecule has 4 aliphatic heterocycles. The molecule has 0 radical (unpaired) electrons. The lowest BCUT2D eigenvalue weighted by molar-refractivity contribution is -0.135. The number of aromatic nitrogens is 4. The largest absolute Gasteiger partial charge is 0.488 e. The summed E-state index contributed by atoms with van der Waals surface area (Å²) in [5, 5.41) is 11.3. The van der Waals surface area contributed by atoms with Crippen LogP contribution in [-0.2, 0) is 16.6 Å². The Kier molecular flexibility index (Phi) is 10.7. The molecule has 0 bridgehead atoms. The molecule has 312 valence electrons. The maximum absolute atomic E-state index is 13.2. The Hall–Kier alpha value is -5.28. The summed E-state index contributed by atoms with van der Waals surface area (Å²) in [6, 6.07) is 12.9. The number of fused-ring (bicyclic) bond motifs is 1. The minimum atomic E-state index is -0.674. The number of piperazine rings is 1. The fourth-order valence-corrected chi connectivity index (χ4v) is 9.55. The average Bonchev–Trinajstić information content (AvgIpc) is 3.93. The van der Waals surface area contributed by atoms with Gasteiger partial charge in [0.25, 0.3) is 0 Å². The number of carbonyl (C=O) groups excluding carboxylic acids is 2. The fraction of sp³-hybridized carbons (Fsp3) is 0.545. The van der Waals surface area contributed by atoms with Gasteiger partial charge < -0.3 is 30.1 Å². The summed E-state index contributed by atoms with van der Waals surface area (Å²) in [5.74, 6) is 2.24. The lowest BCUT2D eigenvalue weighted by atomic mass is 9.94. The van der Waals surface area contributed by atoms with E-state index in [9.17, 15) is 14.4 Å². The molecule has 1 aliphatic carbocycles. The van der Waals surface area contributed by atoms with Gasteiger partial charge in [-0.3, -0.25) is 29.4 Å². The van der Waals surface area contributed by atoms with Gasteiger partial charge in [-0.05, 0) is 100 Å². The zero-order chi connectivity index (χ0) is 40.8. The molecule has 1 saturated carbocycles. The molecule has 1 unspecified atom stereocenters. The van der Waals surface area contributed by atoms with Gasteiger partial charge in [0.05, 0.1) is 22.4 Å². The van der Waals surface area contributed by atoms with Gasteiger partial charge in [-0.1, -0.05) is 0 Å². The highest BCUT2D eigenvalue weighted by Gasteiger charge is 2.40. The van der Waals surface area contributed by atoms with Crippen molar-refractivity contribution < 1.29 is 14.3 Å². The molecule has 2 aromatic heterocycles. The van der Waals surface area contributed by atoms with E-state index < -0.39 is 11.9 Å². The number of hydrogen-bond acceptors (Lipinski definition) is 12. The zero-order valence-corrected chi connectivity index (χ0v) is 34.4. The van der Waals surface area contributed by atoms with Gasteiger partial charge in [-0.25, -0.2) is 14.8 Å². The average molecular weight is 804 g/mol. The van der Waals surface area contributed by atoms with Gasteiger partial charge in [0.2, 0.25) is 11.8 Å². The number of rotatable bonds is 11. The molecule has 59 heavy (non-hydrogen) atoms. The van der Waals surface area contributed by atoms with Crippen molar-refractivity contribution in [1.29, 1.82) is 5.41 Å². The zero-order valence-electron chi connectivity index (χ0n) is 34.4. The van der Waals surface area contributed by atoms with Crippen molar-refractivity contribution in [2.24, 2.45) is 18.9 Å². The van der Waals surface area contributed by atoms with Gasteiger partial charge in [0.1, 0.15) is 29.5 Å². The van der Waals surface area contributed by atoms with Crippen molar-refractivity contribution in [2.45, 2.75) is 69.9 Å². The van der Waals surface area contributed by atoms with Gasteiger partial charge in [0.15, 0.2) is 0 Å². The molecule has 4 saturated heterocycles. The summed E-state index contributed by atoms with van der Waals surface area (Å²) in [6.07, 6.45) is 8.72. The number of nitrogens with one attached hydrogen (secondary N) is 2. The number of nitrogens with zero attached hydrogens (tertiary/aromatic N) is 8. The minimum Gasteiger partial charge on any atom is -0.488 e. The van der Waals surface area contributed by atoms with Crippen molar-refractivity contribution in [1.82, 2.24) is 34.2 Å². The number of amides is 2. The quantitative estimate of drug-likeness (QED) is 0.115. The number of hydrogen-bond donors (Lipinski definition) is 3. The molecule has 2 amide bonds. The number of imide groups is 1. The number of ether oxygens (including phenoxy) is 1. The molecule has 4 N–H and O–H groups in total. The molecule has 5 aliphatic rings. The topological polar surface area (TPSA) is 171 Å². The molecule has 5 fully saturated rings. The van der Waals surface area contributed by atoms with Crippen LogP contribution in [0.1, 0.15) is 75.6 Å². The highest BCUT2D eigenvalue weighted by molar-refractivity contribution is 6.13. The van der Waals surface area contributed by atoms with Crippen LogP contribution in [0.2, 0.25) is 0 Å². The first-order chi connectivity index (χ1) is 28.5. The Morgan fingerprint density at radius 2 is 1.49 bits per heavy atom. The Balaban J connectivity index is 0.716. The second kappa shape index (κ2) is 16.1. The lowest BCUT2D eigenvalue weighted by Crippen LogP contribution is -2.50. The van der Waals surface area contributed by atoms with Crippen LogP contribution in [0.4, 0.5) is 17.2 Å². The first kappa shape index (κ1) is 39.2. The van der Waals surface area contributed by atoms with Crippen LogP contribution in [-0.4, -0.2) is 117 Å². The van der Waals surface area contributed by atoms with E-state index in [1.165, 1.54) is 0 Å². The van der Waals surface area contributed by atoms with Gasteiger partial charge in [0, 0.05) is 102 Å². The Labute approximate surface area is 345 Å². The molecule has 9 rings (SSSR count). The lowest BCUT2D eigenvalue weighted by Gasteiger charge is -2.41. The van der Waals surface area contributed by atoms with Gasteiger partial charge in [-0.2, -0.15) is 0 Å². The van der Waals surface area contributed by atoms with Gasteiger partial charge in [-0.15, -0.1) is 0 Å². The van der Waals surface area contributed by atoms with Crippen LogP contribution in [0.3, 0.4) is 0 Å². The first-order valence-corrected chi connectivity index (χ1v) is 21.5. The molecule has 15 heteroatoms. The normalized spacial score (nSPS) is 22.2. The first-order valence-electron chi connectivity index (χ1n) is 21.5. The van der Waals surface area contributed by atoms with E-state index in [2.05, 4.69) is 53.9 Å². The number of aryl methyl sites for hydroxylation is 1. The van der Waals surface area contributed by atoms with Crippen molar-refractivity contribution in [3.8, 4) is 5.75 Å². The molecule has 1 atom stereocenters. The summed E-state index contributed by atoms with van der Waals surface area (Å²) in [5.41, 5.74) is 10.6. The number of nitrogen functional groups attached to an aromatic ring is 1. The van der Waals surface area contributed by atoms with Crippen LogP contribution in [0.15, 0.2) is 53.6 Å².